The van der Waals surface area contributed by atoms with Crippen LogP contribution >= 0.6 is 0 Å². The molecule has 0 amide bonds. The van der Waals surface area contributed by atoms with Crippen LogP contribution in [0, 0.1) is 5.92 Å². The van der Waals surface area contributed by atoms with Crippen LogP contribution in [0.4, 0.5) is 0 Å². The van der Waals surface area contributed by atoms with Gasteiger partial charge < -0.3 is 9.52 Å². The predicted octanol–water partition coefficient (Wildman–Crippen LogP) is 2.53. The first kappa shape index (κ1) is 9.33. The quantitative estimate of drug-likeness (QED) is 0.752. The van der Waals surface area contributed by atoms with Gasteiger partial charge in [-0.3, -0.25) is 0 Å². The third-order valence-corrected chi connectivity index (χ3v) is 1.86. The van der Waals surface area contributed by atoms with Gasteiger partial charge in [0.15, 0.2) is 0 Å². The molecular formula is C10H16O2. The fourth-order valence-electron chi connectivity index (χ4n) is 1.48. The molecule has 1 unspecified atom stereocenters. The molecule has 0 fully saturated rings. The number of hydrogen-bond donors (Lipinski definition) is 1. The molecule has 0 aliphatic carbocycles. The van der Waals surface area contributed by atoms with E-state index in [2.05, 4.69) is 13.8 Å². The fraction of sp³-hybridized carbons (Fsp3) is 0.600. The minimum Gasteiger partial charge on any atom is -0.466 e. The molecular weight excluding hydrogens is 152 g/mol. The summed E-state index contributed by atoms with van der Waals surface area (Å²) in [5.74, 6) is 1.11. The second kappa shape index (κ2) is 3.31. The van der Waals surface area contributed by atoms with Gasteiger partial charge in [-0.2, -0.15) is 0 Å². The monoisotopic (exact) mass is 168 g/mol. The smallest absolute Gasteiger partial charge is 0.135 e. The van der Waals surface area contributed by atoms with E-state index < -0.39 is 5.60 Å². The van der Waals surface area contributed by atoms with E-state index in [9.17, 15) is 5.11 Å². The minimum absolute atomic E-state index is 0.463. The van der Waals surface area contributed by atoms with Crippen LogP contribution in [-0.2, 0) is 5.60 Å². The van der Waals surface area contributed by atoms with Gasteiger partial charge in [0.2, 0.25) is 0 Å². The predicted molar refractivity (Wildman–Crippen MR) is 47.7 cm³/mol. The molecule has 0 spiro atoms. The summed E-state index contributed by atoms with van der Waals surface area (Å²) in [5.41, 5.74) is -0.822. The van der Waals surface area contributed by atoms with Crippen molar-refractivity contribution in [3.63, 3.8) is 0 Å². The Morgan fingerprint density at radius 2 is 2.25 bits per heavy atom. The highest BCUT2D eigenvalue weighted by molar-refractivity contribution is 5.07. The molecule has 1 aromatic rings. The Morgan fingerprint density at radius 3 is 2.67 bits per heavy atom. The molecule has 12 heavy (non-hydrogen) atoms. The second-order valence-electron chi connectivity index (χ2n) is 3.85. The highest BCUT2D eigenvalue weighted by Crippen LogP contribution is 2.27. The van der Waals surface area contributed by atoms with E-state index in [0.29, 0.717) is 11.7 Å². The van der Waals surface area contributed by atoms with Gasteiger partial charge in [0.25, 0.3) is 0 Å². The standard InChI is InChI=1S/C10H16O2/c1-8(2)7-10(3,11)9-5-4-6-12-9/h4-6,8,11H,7H2,1-3H3. The third-order valence-electron chi connectivity index (χ3n) is 1.86. The maximum absolute atomic E-state index is 9.95. The van der Waals surface area contributed by atoms with Crippen LogP contribution < -0.4 is 0 Å². The summed E-state index contributed by atoms with van der Waals surface area (Å²) < 4.78 is 5.15. The van der Waals surface area contributed by atoms with Crippen molar-refractivity contribution in [1.29, 1.82) is 0 Å². The zero-order valence-corrected chi connectivity index (χ0v) is 7.87. The van der Waals surface area contributed by atoms with E-state index in [1.54, 1.807) is 19.3 Å². The lowest BCUT2D eigenvalue weighted by Gasteiger charge is -2.22. The Labute approximate surface area is 73.2 Å². The van der Waals surface area contributed by atoms with Gasteiger partial charge in [0.1, 0.15) is 11.4 Å². The first-order valence-corrected chi connectivity index (χ1v) is 4.29. The molecule has 2 nitrogen and oxygen atoms in total. The van der Waals surface area contributed by atoms with E-state index in [1.807, 2.05) is 6.07 Å². The van der Waals surface area contributed by atoms with Crippen LogP contribution in [0.2, 0.25) is 0 Å². The van der Waals surface area contributed by atoms with Gasteiger partial charge in [0.05, 0.1) is 6.26 Å². The van der Waals surface area contributed by atoms with Gasteiger partial charge in [-0.1, -0.05) is 13.8 Å². The summed E-state index contributed by atoms with van der Waals surface area (Å²) in [6, 6.07) is 3.60. The van der Waals surface area contributed by atoms with Crippen LogP contribution in [0.3, 0.4) is 0 Å². The summed E-state index contributed by atoms with van der Waals surface area (Å²) in [5, 5.41) is 9.95. The summed E-state index contributed by atoms with van der Waals surface area (Å²) in [7, 11) is 0. The van der Waals surface area contributed by atoms with Crippen molar-refractivity contribution in [1.82, 2.24) is 0 Å². The molecule has 2 heteroatoms. The Bertz CT molecular complexity index is 222. The SMILES string of the molecule is CC(C)CC(C)(O)c1ccco1. The average Bonchev–Trinajstić information content (AvgIpc) is 2.32. The molecule has 1 heterocycles. The van der Waals surface area contributed by atoms with Gasteiger partial charge in [-0.05, 0) is 31.4 Å². The highest BCUT2D eigenvalue weighted by Gasteiger charge is 2.26. The van der Waals surface area contributed by atoms with Crippen LogP contribution in [0.1, 0.15) is 33.0 Å². The zero-order valence-electron chi connectivity index (χ0n) is 7.87. The van der Waals surface area contributed by atoms with Gasteiger partial charge >= 0.3 is 0 Å². The second-order valence-corrected chi connectivity index (χ2v) is 3.85. The molecule has 0 radical (unpaired) electrons. The first-order chi connectivity index (χ1) is 5.52. The zero-order chi connectivity index (χ0) is 9.19. The molecule has 0 aromatic carbocycles. The van der Waals surface area contributed by atoms with E-state index >= 15 is 0 Å². The maximum atomic E-state index is 9.95. The van der Waals surface area contributed by atoms with Crippen LogP contribution in [0.25, 0.3) is 0 Å². The molecule has 1 N–H and O–H groups in total. The summed E-state index contributed by atoms with van der Waals surface area (Å²) in [6.45, 7) is 5.95. The van der Waals surface area contributed by atoms with Crippen LogP contribution in [-0.4, -0.2) is 5.11 Å². The largest absolute Gasteiger partial charge is 0.466 e. The van der Waals surface area contributed by atoms with E-state index in [0.717, 1.165) is 6.42 Å². The van der Waals surface area contributed by atoms with Crippen molar-refractivity contribution in [3.8, 4) is 0 Å². The first-order valence-electron chi connectivity index (χ1n) is 4.29. The molecule has 1 rings (SSSR count). The van der Waals surface area contributed by atoms with Gasteiger partial charge in [0, 0.05) is 0 Å². The lowest BCUT2D eigenvalue weighted by molar-refractivity contribution is 0.0136. The lowest BCUT2D eigenvalue weighted by Crippen LogP contribution is -2.22. The van der Waals surface area contributed by atoms with Crippen LogP contribution in [0.15, 0.2) is 22.8 Å². The van der Waals surface area contributed by atoms with Crippen molar-refractivity contribution < 1.29 is 9.52 Å². The molecule has 0 aliphatic heterocycles. The van der Waals surface area contributed by atoms with E-state index in [1.165, 1.54) is 0 Å². The normalized spacial score (nSPS) is 16.4. The molecule has 68 valence electrons. The van der Waals surface area contributed by atoms with Gasteiger partial charge in [-0.15, -0.1) is 0 Å². The maximum Gasteiger partial charge on any atom is 0.135 e. The molecule has 0 saturated heterocycles. The van der Waals surface area contributed by atoms with Crippen molar-refractivity contribution in [2.24, 2.45) is 5.92 Å². The Balaban J connectivity index is 2.72. The molecule has 1 aromatic heterocycles. The van der Waals surface area contributed by atoms with Crippen molar-refractivity contribution in [2.45, 2.75) is 32.8 Å². The Hall–Kier alpha value is -0.760. The van der Waals surface area contributed by atoms with E-state index in [4.69, 9.17) is 4.42 Å². The average molecular weight is 168 g/mol. The number of hydrogen-bond acceptors (Lipinski definition) is 2. The Morgan fingerprint density at radius 1 is 1.58 bits per heavy atom. The van der Waals surface area contributed by atoms with Crippen molar-refractivity contribution in [3.05, 3.63) is 24.2 Å². The van der Waals surface area contributed by atoms with Crippen molar-refractivity contribution >= 4 is 0 Å². The topological polar surface area (TPSA) is 33.4 Å². The highest BCUT2D eigenvalue weighted by atomic mass is 16.4. The number of aliphatic hydroxyl groups is 1. The fourth-order valence-corrected chi connectivity index (χ4v) is 1.48. The summed E-state index contributed by atoms with van der Waals surface area (Å²) >= 11 is 0. The molecule has 0 bridgehead atoms. The number of rotatable bonds is 3. The molecule has 0 aliphatic rings. The summed E-state index contributed by atoms with van der Waals surface area (Å²) in [4.78, 5) is 0. The lowest BCUT2D eigenvalue weighted by atomic mass is 9.92. The molecule has 0 saturated carbocycles. The Kier molecular flexibility index (Phi) is 2.58. The minimum atomic E-state index is -0.822. The van der Waals surface area contributed by atoms with E-state index in [-0.39, 0.29) is 0 Å². The number of furan rings is 1. The van der Waals surface area contributed by atoms with Crippen molar-refractivity contribution in [2.75, 3.05) is 0 Å². The summed E-state index contributed by atoms with van der Waals surface area (Å²) in [6.07, 6.45) is 2.31. The van der Waals surface area contributed by atoms with Gasteiger partial charge in [-0.25, -0.2) is 0 Å². The van der Waals surface area contributed by atoms with Crippen LogP contribution in [0.5, 0.6) is 0 Å². The molecule has 1 atom stereocenters. The third kappa shape index (κ3) is 2.11.